The zero-order valence-corrected chi connectivity index (χ0v) is 11.4. The van der Waals surface area contributed by atoms with Crippen molar-refractivity contribution < 1.29 is 4.92 Å². The van der Waals surface area contributed by atoms with E-state index < -0.39 is 4.92 Å². The number of aromatic nitrogens is 1. The second kappa shape index (κ2) is 6.30. The number of pyridine rings is 1. The average Bonchev–Trinajstić information content (AvgIpc) is 2.46. The number of nitro groups is 1. The van der Waals surface area contributed by atoms with Gasteiger partial charge in [0.2, 0.25) is 5.82 Å². The summed E-state index contributed by atoms with van der Waals surface area (Å²) in [7, 11) is 2.09. The summed E-state index contributed by atoms with van der Waals surface area (Å²) < 4.78 is 0. The van der Waals surface area contributed by atoms with Crippen LogP contribution in [0, 0.1) is 27.4 Å². The quantitative estimate of drug-likeness (QED) is 0.662. The zero-order valence-electron chi connectivity index (χ0n) is 11.4. The summed E-state index contributed by atoms with van der Waals surface area (Å²) in [5.74, 6) is 0.673. The predicted molar refractivity (Wildman–Crippen MR) is 74.3 cm³/mol. The Labute approximate surface area is 117 Å². The fourth-order valence-corrected chi connectivity index (χ4v) is 2.37. The van der Waals surface area contributed by atoms with E-state index in [1.54, 1.807) is 0 Å². The summed E-state index contributed by atoms with van der Waals surface area (Å²) in [5, 5.41) is 23.0. The molecule has 1 N–H and O–H groups in total. The predicted octanol–water partition coefficient (Wildman–Crippen LogP) is 1.62. The van der Waals surface area contributed by atoms with Gasteiger partial charge in [-0.3, -0.25) is 10.1 Å². The number of hydrogen-bond donors (Lipinski definition) is 1. The SMILES string of the molecule is CN1CCC(CNc2nccc(C#N)c2[N+](=O)[O-])CC1. The Hall–Kier alpha value is -2.20. The molecule has 0 atom stereocenters. The second-order valence-electron chi connectivity index (χ2n) is 5.05. The van der Waals surface area contributed by atoms with Crippen molar-refractivity contribution in [2.24, 2.45) is 5.92 Å². The molecule has 7 nitrogen and oxygen atoms in total. The molecular weight excluding hydrogens is 258 g/mol. The first-order chi connectivity index (χ1) is 9.61. The Morgan fingerprint density at radius 1 is 1.60 bits per heavy atom. The molecule has 1 aromatic rings. The number of likely N-dealkylation sites (tertiary alicyclic amines) is 1. The van der Waals surface area contributed by atoms with Crippen molar-refractivity contribution in [2.75, 3.05) is 32.0 Å². The number of rotatable bonds is 4. The normalized spacial score (nSPS) is 16.6. The third-order valence-electron chi connectivity index (χ3n) is 3.62. The van der Waals surface area contributed by atoms with Gasteiger partial charge in [0.1, 0.15) is 11.6 Å². The Morgan fingerprint density at radius 3 is 2.90 bits per heavy atom. The maximum Gasteiger partial charge on any atom is 0.328 e. The number of nitrogens with one attached hydrogen (secondary N) is 1. The van der Waals surface area contributed by atoms with Crippen LogP contribution in [0.25, 0.3) is 0 Å². The molecule has 106 valence electrons. The van der Waals surface area contributed by atoms with E-state index in [2.05, 4.69) is 22.2 Å². The van der Waals surface area contributed by atoms with Crippen LogP contribution in [0.5, 0.6) is 0 Å². The summed E-state index contributed by atoms with van der Waals surface area (Å²) in [5.41, 5.74) is -0.196. The first-order valence-corrected chi connectivity index (χ1v) is 6.57. The fourth-order valence-electron chi connectivity index (χ4n) is 2.37. The van der Waals surface area contributed by atoms with Crippen LogP contribution in [0.2, 0.25) is 0 Å². The van der Waals surface area contributed by atoms with Crippen LogP contribution >= 0.6 is 0 Å². The lowest BCUT2D eigenvalue weighted by Gasteiger charge is -2.29. The minimum Gasteiger partial charge on any atom is -0.364 e. The van der Waals surface area contributed by atoms with Gasteiger partial charge in [-0.15, -0.1) is 0 Å². The average molecular weight is 275 g/mol. The largest absolute Gasteiger partial charge is 0.364 e. The standard InChI is InChI=1S/C13H17N5O2/c1-17-6-3-10(4-7-17)9-16-13-12(18(19)20)11(8-14)2-5-15-13/h2,5,10H,3-4,6-7,9H2,1H3,(H,15,16). The molecule has 0 unspecified atom stereocenters. The number of hydrogen-bond acceptors (Lipinski definition) is 6. The van der Waals surface area contributed by atoms with Gasteiger partial charge in [-0.1, -0.05) is 0 Å². The van der Waals surface area contributed by atoms with Gasteiger partial charge in [0.15, 0.2) is 0 Å². The van der Waals surface area contributed by atoms with Crippen molar-refractivity contribution in [2.45, 2.75) is 12.8 Å². The maximum atomic E-state index is 11.1. The zero-order chi connectivity index (χ0) is 14.5. The highest BCUT2D eigenvalue weighted by Crippen LogP contribution is 2.26. The Bertz CT molecular complexity index is 532. The molecule has 0 saturated carbocycles. The molecule has 2 heterocycles. The van der Waals surface area contributed by atoms with Crippen molar-refractivity contribution in [1.82, 2.24) is 9.88 Å². The maximum absolute atomic E-state index is 11.1. The van der Waals surface area contributed by atoms with Gasteiger partial charge in [0, 0.05) is 12.7 Å². The molecule has 0 radical (unpaired) electrons. The minimum atomic E-state index is -0.553. The molecule has 20 heavy (non-hydrogen) atoms. The molecule has 0 aliphatic carbocycles. The van der Waals surface area contributed by atoms with E-state index in [9.17, 15) is 10.1 Å². The lowest BCUT2D eigenvalue weighted by atomic mass is 9.97. The van der Waals surface area contributed by atoms with Gasteiger partial charge >= 0.3 is 5.69 Å². The molecule has 1 fully saturated rings. The lowest BCUT2D eigenvalue weighted by molar-refractivity contribution is -0.384. The second-order valence-corrected chi connectivity index (χ2v) is 5.05. The third kappa shape index (κ3) is 3.22. The highest BCUT2D eigenvalue weighted by molar-refractivity contribution is 5.64. The Balaban J connectivity index is 2.06. The van der Waals surface area contributed by atoms with Crippen molar-refractivity contribution in [3.63, 3.8) is 0 Å². The number of nitriles is 1. The van der Waals surface area contributed by atoms with E-state index in [4.69, 9.17) is 5.26 Å². The third-order valence-corrected chi connectivity index (χ3v) is 3.62. The van der Waals surface area contributed by atoms with Gasteiger partial charge in [0.05, 0.1) is 4.92 Å². The van der Waals surface area contributed by atoms with Gasteiger partial charge in [-0.2, -0.15) is 5.26 Å². The molecule has 1 aromatic heterocycles. The van der Waals surface area contributed by atoms with Crippen LogP contribution in [0.3, 0.4) is 0 Å². The molecule has 0 spiro atoms. The topological polar surface area (TPSA) is 95.1 Å². The van der Waals surface area contributed by atoms with Crippen molar-refractivity contribution in [1.29, 1.82) is 5.26 Å². The summed E-state index contributed by atoms with van der Waals surface area (Å²) in [4.78, 5) is 16.8. The summed E-state index contributed by atoms with van der Waals surface area (Å²) >= 11 is 0. The fraction of sp³-hybridized carbons (Fsp3) is 0.538. The Morgan fingerprint density at radius 2 is 2.30 bits per heavy atom. The molecule has 1 saturated heterocycles. The molecule has 7 heteroatoms. The molecule has 1 aliphatic rings. The summed E-state index contributed by atoms with van der Waals surface area (Å²) in [6.45, 7) is 2.73. The van der Waals surface area contributed by atoms with E-state index in [0.29, 0.717) is 12.5 Å². The smallest absolute Gasteiger partial charge is 0.328 e. The van der Waals surface area contributed by atoms with Gasteiger partial charge in [-0.05, 0) is 45.0 Å². The van der Waals surface area contributed by atoms with Gasteiger partial charge in [-0.25, -0.2) is 4.98 Å². The van der Waals surface area contributed by atoms with Gasteiger partial charge in [0.25, 0.3) is 0 Å². The van der Waals surface area contributed by atoms with Crippen LogP contribution in [0.15, 0.2) is 12.3 Å². The van der Waals surface area contributed by atoms with E-state index >= 15 is 0 Å². The van der Waals surface area contributed by atoms with Crippen molar-refractivity contribution >= 4 is 11.5 Å². The molecule has 0 amide bonds. The van der Waals surface area contributed by atoms with Crippen LogP contribution in [0.4, 0.5) is 11.5 Å². The van der Waals surface area contributed by atoms with E-state index in [1.807, 2.05) is 6.07 Å². The minimum absolute atomic E-state index is 0.0378. The lowest BCUT2D eigenvalue weighted by Crippen LogP contribution is -2.33. The molecule has 1 aliphatic heterocycles. The van der Waals surface area contributed by atoms with E-state index in [0.717, 1.165) is 25.9 Å². The number of nitrogens with zero attached hydrogens (tertiary/aromatic N) is 4. The first kappa shape index (κ1) is 14.2. The van der Waals surface area contributed by atoms with Crippen molar-refractivity contribution in [3.05, 3.63) is 27.9 Å². The number of anilines is 1. The highest BCUT2D eigenvalue weighted by Gasteiger charge is 2.22. The van der Waals surface area contributed by atoms with E-state index in [-0.39, 0.29) is 17.1 Å². The van der Waals surface area contributed by atoms with Crippen LogP contribution in [-0.2, 0) is 0 Å². The van der Waals surface area contributed by atoms with Crippen LogP contribution in [-0.4, -0.2) is 41.5 Å². The molecule has 2 rings (SSSR count). The van der Waals surface area contributed by atoms with Gasteiger partial charge < -0.3 is 10.2 Å². The summed E-state index contributed by atoms with van der Waals surface area (Å²) in [6.07, 6.45) is 3.55. The molecule has 0 aromatic carbocycles. The Kier molecular flexibility index (Phi) is 4.48. The van der Waals surface area contributed by atoms with Crippen LogP contribution in [0.1, 0.15) is 18.4 Å². The number of piperidine rings is 1. The van der Waals surface area contributed by atoms with E-state index in [1.165, 1.54) is 12.3 Å². The highest BCUT2D eigenvalue weighted by atomic mass is 16.6. The summed E-state index contributed by atoms with van der Waals surface area (Å²) in [6, 6.07) is 3.19. The molecular formula is C13H17N5O2. The monoisotopic (exact) mass is 275 g/mol. The van der Waals surface area contributed by atoms with Crippen molar-refractivity contribution in [3.8, 4) is 6.07 Å². The van der Waals surface area contributed by atoms with Crippen LogP contribution < -0.4 is 5.32 Å². The first-order valence-electron chi connectivity index (χ1n) is 6.57. The molecule has 0 bridgehead atoms.